The third-order valence-corrected chi connectivity index (χ3v) is 6.03. The van der Waals surface area contributed by atoms with Gasteiger partial charge in [-0.25, -0.2) is 0 Å². The molecule has 0 aromatic heterocycles. The molecule has 0 radical (unpaired) electrons. The zero-order chi connectivity index (χ0) is 14.9. The molecule has 1 spiro atoms. The normalized spacial score (nSPS) is 32.1. The van der Waals surface area contributed by atoms with E-state index in [1.165, 1.54) is 28.3 Å². The minimum atomic E-state index is 0.0584. The van der Waals surface area contributed by atoms with Crippen molar-refractivity contribution in [3.63, 3.8) is 0 Å². The second-order valence-corrected chi connectivity index (χ2v) is 7.36. The fourth-order valence-corrected chi connectivity index (χ4v) is 5.16. The number of rotatable bonds is 0. The second-order valence-electron chi connectivity index (χ2n) is 7.36. The van der Waals surface area contributed by atoms with E-state index in [0.29, 0.717) is 24.0 Å². The van der Waals surface area contributed by atoms with Crippen LogP contribution in [0.1, 0.15) is 30.4 Å². The number of nitrogen functional groups attached to an aromatic ring is 1. The first-order chi connectivity index (χ1) is 10.6. The van der Waals surface area contributed by atoms with Crippen molar-refractivity contribution in [1.82, 2.24) is 0 Å². The van der Waals surface area contributed by atoms with Crippen LogP contribution in [0.15, 0.2) is 42.5 Å². The first-order valence-corrected chi connectivity index (χ1v) is 8.17. The lowest BCUT2D eigenvalue weighted by Crippen LogP contribution is -2.38. The number of hydrogen-bond donors (Lipinski definition) is 1. The lowest BCUT2D eigenvalue weighted by Gasteiger charge is -2.40. The SMILES string of the molecule is Nc1ccc2cc3c(cc2c1)C1(CC(=O)C3)CC2C=CC1C2. The monoisotopic (exact) mass is 289 g/mol. The summed E-state index contributed by atoms with van der Waals surface area (Å²) < 4.78 is 0. The number of anilines is 1. The van der Waals surface area contributed by atoms with Crippen LogP contribution in [-0.2, 0) is 16.6 Å². The zero-order valence-corrected chi connectivity index (χ0v) is 12.5. The molecule has 2 heteroatoms. The number of ketones is 1. The van der Waals surface area contributed by atoms with Crippen LogP contribution in [0.3, 0.4) is 0 Å². The quantitative estimate of drug-likeness (QED) is 0.592. The van der Waals surface area contributed by atoms with E-state index in [4.69, 9.17) is 5.73 Å². The Kier molecular flexibility index (Phi) is 2.27. The van der Waals surface area contributed by atoms with E-state index in [-0.39, 0.29) is 5.41 Å². The lowest BCUT2D eigenvalue weighted by atomic mass is 9.62. The predicted molar refractivity (Wildman–Crippen MR) is 88.7 cm³/mol. The topological polar surface area (TPSA) is 43.1 Å². The van der Waals surface area contributed by atoms with Crippen molar-refractivity contribution in [3.8, 4) is 0 Å². The molecule has 110 valence electrons. The molecule has 2 nitrogen and oxygen atoms in total. The van der Waals surface area contributed by atoms with Gasteiger partial charge in [-0.2, -0.15) is 0 Å². The third kappa shape index (κ3) is 1.53. The maximum Gasteiger partial charge on any atom is 0.138 e. The van der Waals surface area contributed by atoms with Crippen LogP contribution in [0.2, 0.25) is 0 Å². The Morgan fingerprint density at radius 2 is 2.00 bits per heavy atom. The maximum atomic E-state index is 12.4. The van der Waals surface area contributed by atoms with Crippen molar-refractivity contribution in [2.45, 2.75) is 31.1 Å². The highest BCUT2D eigenvalue weighted by Gasteiger charge is 2.52. The Hall–Kier alpha value is -2.09. The summed E-state index contributed by atoms with van der Waals surface area (Å²) in [7, 11) is 0. The number of fused-ring (bicyclic) bond motifs is 6. The van der Waals surface area contributed by atoms with E-state index in [2.05, 4.69) is 36.4 Å². The van der Waals surface area contributed by atoms with Crippen LogP contribution < -0.4 is 5.73 Å². The Morgan fingerprint density at radius 1 is 1.09 bits per heavy atom. The van der Waals surface area contributed by atoms with Crippen LogP contribution in [0.25, 0.3) is 10.8 Å². The number of carbonyl (C=O) groups is 1. The van der Waals surface area contributed by atoms with Crippen LogP contribution in [0.4, 0.5) is 5.69 Å². The molecule has 0 heterocycles. The van der Waals surface area contributed by atoms with Crippen LogP contribution in [-0.4, -0.2) is 5.78 Å². The van der Waals surface area contributed by atoms with Gasteiger partial charge in [-0.15, -0.1) is 0 Å². The molecule has 5 rings (SSSR count). The number of Topliss-reactive ketones (excluding diaryl/α,β-unsaturated/α-hetero) is 1. The fourth-order valence-electron chi connectivity index (χ4n) is 5.16. The summed E-state index contributed by atoms with van der Waals surface area (Å²) in [6.45, 7) is 0. The van der Waals surface area contributed by atoms with Crippen molar-refractivity contribution < 1.29 is 4.79 Å². The highest BCUT2D eigenvalue weighted by molar-refractivity contribution is 5.92. The van der Waals surface area contributed by atoms with Crippen molar-refractivity contribution in [1.29, 1.82) is 0 Å². The van der Waals surface area contributed by atoms with Gasteiger partial charge in [0.15, 0.2) is 0 Å². The molecule has 0 amide bonds. The minimum Gasteiger partial charge on any atom is -0.399 e. The average Bonchev–Trinajstić information content (AvgIpc) is 3.07. The summed E-state index contributed by atoms with van der Waals surface area (Å²) >= 11 is 0. The number of benzene rings is 2. The van der Waals surface area contributed by atoms with Gasteiger partial charge in [-0.1, -0.05) is 30.4 Å². The first-order valence-electron chi connectivity index (χ1n) is 8.17. The molecular formula is C20H19NO. The van der Waals surface area contributed by atoms with E-state index in [1.54, 1.807) is 0 Å². The molecule has 1 saturated carbocycles. The van der Waals surface area contributed by atoms with Gasteiger partial charge in [0.25, 0.3) is 0 Å². The van der Waals surface area contributed by atoms with Crippen LogP contribution in [0, 0.1) is 11.8 Å². The Bertz CT molecular complexity index is 850. The maximum absolute atomic E-state index is 12.4. The zero-order valence-electron chi connectivity index (χ0n) is 12.5. The average molecular weight is 289 g/mol. The van der Waals surface area contributed by atoms with E-state index < -0.39 is 0 Å². The van der Waals surface area contributed by atoms with Gasteiger partial charge in [0.2, 0.25) is 0 Å². The van der Waals surface area contributed by atoms with Gasteiger partial charge in [0.05, 0.1) is 0 Å². The fraction of sp³-hybridized carbons (Fsp3) is 0.350. The smallest absolute Gasteiger partial charge is 0.138 e. The molecule has 2 N–H and O–H groups in total. The summed E-state index contributed by atoms with van der Waals surface area (Å²) in [5.41, 5.74) is 9.49. The van der Waals surface area contributed by atoms with Crippen molar-refractivity contribution >= 4 is 22.2 Å². The van der Waals surface area contributed by atoms with Gasteiger partial charge in [0, 0.05) is 23.9 Å². The van der Waals surface area contributed by atoms with E-state index in [0.717, 1.165) is 18.5 Å². The Morgan fingerprint density at radius 3 is 2.77 bits per heavy atom. The van der Waals surface area contributed by atoms with E-state index in [1.807, 2.05) is 6.07 Å². The molecule has 0 aliphatic heterocycles. The standard InChI is InChI=1S/C20H19NO/c21-17-4-2-13-6-15-8-18(22)11-20(19(15)9-14(13)7-17)10-12-1-3-16(20)5-12/h1-4,6-7,9,12,16H,5,8,10-11,21H2. The Balaban J connectivity index is 1.78. The molecule has 3 aliphatic rings. The molecule has 2 aromatic rings. The molecule has 3 aliphatic carbocycles. The summed E-state index contributed by atoms with van der Waals surface area (Å²) in [5.74, 6) is 1.61. The van der Waals surface area contributed by atoms with E-state index >= 15 is 0 Å². The van der Waals surface area contributed by atoms with Crippen molar-refractivity contribution in [2.24, 2.45) is 11.8 Å². The van der Waals surface area contributed by atoms with Gasteiger partial charge in [-0.05, 0) is 58.7 Å². The highest BCUT2D eigenvalue weighted by Crippen LogP contribution is 2.57. The van der Waals surface area contributed by atoms with Crippen molar-refractivity contribution in [3.05, 3.63) is 53.6 Å². The molecule has 2 aromatic carbocycles. The predicted octanol–water partition coefficient (Wildman–Crippen LogP) is 3.77. The molecule has 2 bridgehead atoms. The molecule has 0 saturated heterocycles. The largest absolute Gasteiger partial charge is 0.399 e. The summed E-state index contributed by atoms with van der Waals surface area (Å²) in [6, 6.07) is 10.6. The summed E-state index contributed by atoms with van der Waals surface area (Å²) in [6.07, 6.45) is 8.40. The highest BCUT2D eigenvalue weighted by atomic mass is 16.1. The number of carbonyl (C=O) groups excluding carboxylic acids is 1. The second kappa shape index (κ2) is 4.01. The van der Waals surface area contributed by atoms with E-state index in [9.17, 15) is 4.79 Å². The molecule has 22 heavy (non-hydrogen) atoms. The van der Waals surface area contributed by atoms with Gasteiger partial charge in [0.1, 0.15) is 5.78 Å². The molecule has 3 unspecified atom stereocenters. The minimum absolute atomic E-state index is 0.0584. The lowest BCUT2D eigenvalue weighted by molar-refractivity contribution is -0.120. The molecular weight excluding hydrogens is 270 g/mol. The van der Waals surface area contributed by atoms with Crippen LogP contribution >= 0.6 is 0 Å². The summed E-state index contributed by atoms with van der Waals surface area (Å²) in [4.78, 5) is 12.4. The first kappa shape index (κ1) is 12.5. The van der Waals surface area contributed by atoms with Gasteiger partial charge < -0.3 is 5.73 Å². The Labute approximate surface area is 130 Å². The molecule has 3 atom stereocenters. The third-order valence-electron chi connectivity index (χ3n) is 6.03. The van der Waals surface area contributed by atoms with Crippen LogP contribution in [0.5, 0.6) is 0 Å². The van der Waals surface area contributed by atoms with Crippen molar-refractivity contribution in [2.75, 3.05) is 5.73 Å². The number of hydrogen-bond acceptors (Lipinski definition) is 2. The number of allylic oxidation sites excluding steroid dienone is 2. The summed E-state index contributed by atoms with van der Waals surface area (Å²) in [5, 5.41) is 2.40. The molecule has 1 fully saturated rings. The number of nitrogens with two attached hydrogens (primary N) is 1. The van der Waals surface area contributed by atoms with Gasteiger partial charge in [-0.3, -0.25) is 4.79 Å². The van der Waals surface area contributed by atoms with Gasteiger partial charge >= 0.3 is 0 Å².